The van der Waals surface area contributed by atoms with E-state index in [1.54, 1.807) is 30.1 Å². The van der Waals surface area contributed by atoms with Crippen LogP contribution in [0.4, 0.5) is 5.82 Å². The molecule has 1 atom stereocenters. The predicted octanol–water partition coefficient (Wildman–Crippen LogP) is 3.85. The zero-order valence-electron chi connectivity index (χ0n) is 16.6. The number of carbonyl (C=O) groups excluding carboxylic acids is 1. The molecule has 2 heterocycles. The van der Waals surface area contributed by atoms with Crippen molar-refractivity contribution < 1.29 is 13.9 Å². The number of hydrogen-bond donors (Lipinski definition) is 1. The topological polar surface area (TPSA) is 86.4 Å². The van der Waals surface area contributed by atoms with Crippen LogP contribution in [0.5, 0.6) is 5.75 Å². The highest BCUT2D eigenvalue weighted by atomic mass is 16.5. The molecule has 3 aromatic rings. The lowest BCUT2D eigenvalue weighted by molar-refractivity contribution is -0.116. The molecule has 0 saturated heterocycles. The fraction of sp³-hybridized carbons (Fsp3) is 0.381. The van der Waals surface area contributed by atoms with Gasteiger partial charge in [0.15, 0.2) is 0 Å². The maximum atomic E-state index is 12.4. The first-order chi connectivity index (χ1) is 13.4. The number of ether oxygens (including phenoxy) is 1. The molecule has 1 unspecified atom stereocenters. The lowest BCUT2D eigenvalue weighted by Crippen LogP contribution is -2.19. The fourth-order valence-corrected chi connectivity index (χ4v) is 3.17. The van der Waals surface area contributed by atoms with E-state index in [-0.39, 0.29) is 18.4 Å². The third kappa shape index (κ3) is 3.93. The molecule has 7 heteroatoms. The van der Waals surface area contributed by atoms with Crippen LogP contribution >= 0.6 is 0 Å². The molecule has 1 N–H and O–H groups in total. The van der Waals surface area contributed by atoms with Gasteiger partial charge in [-0.05, 0) is 44.4 Å². The maximum absolute atomic E-state index is 12.4. The van der Waals surface area contributed by atoms with Crippen molar-refractivity contribution in [1.82, 2.24) is 9.78 Å². The molecular weight excluding hydrogens is 358 g/mol. The molecule has 1 amide bonds. The Morgan fingerprint density at radius 2 is 2.14 bits per heavy atom. The van der Waals surface area contributed by atoms with Crippen LogP contribution in [0.25, 0.3) is 11.0 Å². The van der Waals surface area contributed by atoms with E-state index >= 15 is 0 Å². The van der Waals surface area contributed by atoms with Crippen molar-refractivity contribution in [3.05, 3.63) is 52.0 Å². The Morgan fingerprint density at radius 1 is 1.36 bits per heavy atom. The van der Waals surface area contributed by atoms with Crippen molar-refractivity contribution in [3.8, 4) is 5.75 Å². The molecule has 0 radical (unpaired) electrons. The van der Waals surface area contributed by atoms with E-state index < -0.39 is 5.63 Å². The number of anilines is 1. The minimum absolute atomic E-state index is 0.168. The summed E-state index contributed by atoms with van der Waals surface area (Å²) in [6, 6.07) is 7.34. The predicted molar refractivity (Wildman–Crippen MR) is 108 cm³/mol. The molecule has 0 aliphatic heterocycles. The molecule has 1 aromatic carbocycles. The number of methoxy groups -OCH3 is 1. The normalized spacial score (nSPS) is 12.1. The number of amides is 1. The third-order valence-corrected chi connectivity index (χ3v) is 5.04. The van der Waals surface area contributed by atoms with Gasteiger partial charge in [-0.25, -0.2) is 9.48 Å². The van der Waals surface area contributed by atoms with Crippen molar-refractivity contribution in [2.45, 2.75) is 46.1 Å². The summed E-state index contributed by atoms with van der Waals surface area (Å²) >= 11 is 0. The van der Waals surface area contributed by atoms with E-state index in [0.29, 0.717) is 29.1 Å². The van der Waals surface area contributed by atoms with Gasteiger partial charge < -0.3 is 14.5 Å². The largest absolute Gasteiger partial charge is 0.497 e. The molecule has 0 spiro atoms. The summed E-state index contributed by atoms with van der Waals surface area (Å²) < 4.78 is 12.4. The number of fused-ring (bicyclic) bond motifs is 1. The van der Waals surface area contributed by atoms with Crippen LogP contribution in [0.2, 0.25) is 0 Å². The molecule has 0 aliphatic rings. The van der Waals surface area contributed by atoms with E-state index in [9.17, 15) is 9.59 Å². The summed E-state index contributed by atoms with van der Waals surface area (Å²) in [6.45, 7) is 5.98. The monoisotopic (exact) mass is 383 g/mol. The Balaban J connectivity index is 1.76. The Hall–Kier alpha value is -3.09. The number of nitrogens with one attached hydrogen (secondary N) is 1. The molecule has 0 aliphatic carbocycles. The molecule has 2 aromatic heterocycles. The van der Waals surface area contributed by atoms with Crippen molar-refractivity contribution in [3.63, 3.8) is 0 Å². The first kappa shape index (κ1) is 19.7. The average molecular weight is 383 g/mol. The highest BCUT2D eigenvalue weighted by Crippen LogP contribution is 2.24. The summed E-state index contributed by atoms with van der Waals surface area (Å²) in [5.74, 6) is 1.12. The van der Waals surface area contributed by atoms with Gasteiger partial charge in [0, 0.05) is 29.5 Å². The third-order valence-electron chi connectivity index (χ3n) is 5.04. The van der Waals surface area contributed by atoms with Crippen LogP contribution < -0.4 is 15.7 Å². The number of rotatable bonds is 7. The number of nitrogens with zero attached hydrogens (tertiary/aromatic N) is 2. The van der Waals surface area contributed by atoms with Crippen molar-refractivity contribution in [2.24, 2.45) is 0 Å². The van der Waals surface area contributed by atoms with Crippen LogP contribution in [0, 0.1) is 6.92 Å². The smallest absolute Gasteiger partial charge is 0.339 e. The molecule has 7 nitrogen and oxygen atoms in total. The number of aryl methyl sites for hydroxylation is 1. The van der Waals surface area contributed by atoms with E-state index in [4.69, 9.17) is 9.15 Å². The van der Waals surface area contributed by atoms with Crippen LogP contribution in [0.1, 0.15) is 43.9 Å². The van der Waals surface area contributed by atoms with Crippen molar-refractivity contribution in [1.29, 1.82) is 0 Å². The van der Waals surface area contributed by atoms with Crippen LogP contribution in [-0.2, 0) is 11.2 Å². The van der Waals surface area contributed by atoms with Crippen LogP contribution in [0.3, 0.4) is 0 Å². The minimum atomic E-state index is -0.421. The van der Waals surface area contributed by atoms with Gasteiger partial charge in [-0.15, -0.1) is 0 Å². The molecule has 3 rings (SSSR count). The lowest BCUT2D eigenvalue weighted by Gasteiger charge is -2.14. The molecular formula is C21H25N3O4. The van der Waals surface area contributed by atoms with Gasteiger partial charge in [0.1, 0.15) is 17.2 Å². The number of carbonyl (C=O) groups is 1. The number of aromatic nitrogens is 2. The quantitative estimate of drug-likeness (QED) is 0.626. The maximum Gasteiger partial charge on any atom is 0.339 e. The van der Waals surface area contributed by atoms with Gasteiger partial charge in [-0.1, -0.05) is 6.92 Å². The van der Waals surface area contributed by atoms with Gasteiger partial charge in [-0.3, -0.25) is 4.79 Å². The van der Waals surface area contributed by atoms with Crippen molar-refractivity contribution >= 4 is 22.7 Å². The lowest BCUT2D eigenvalue weighted by atomic mass is 10.0. The molecule has 28 heavy (non-hydrogen) atoms. The molecule has 0 saturated carbocycles. The van der Waals surface area contributed by atoms with Crippen molar-refractivity contribution in [2.75, 3.05) is 12.4 Å². The number of benzene rings is 1. The first-order valence-electron chi connectivity index (χ1n) is 9.38. The standard InChI is InChI=1S/C21H25N3O4/c1-5-13(2)24-19(10-11-22-24)23-20(25)9-8-17-14(3)16-7-6-15(27-4)12-18(16)28-21(17)26/h6-7,10-13H,5,8-9H2,1-4H3,(H,23,25). The molecule has 0 bridgehead atoms. The van der Waals surface area contributed by atoms with Crippen LogP contribution in [0.15, 0.2) is 39.7 Å². The van der Waals surface area contributed by atoms with E-state index in [1.165, 1.54) is 0 Å². The van der Waals surface area contributed by atoms with E-state index in [1.807, 2.05) is 26.0 Å². The summed E-state index contributed by atoms with van der Waals surface area (Å²) in [5, 5.41) is 7.98. The molecule has 148 valence electrons. The van der Waals surface area contributed by atoms with Gasteiger partial charge in [0.25, 0.3) is 0 Å². The Morgan fingerprint density at radius 3 is 2.86 bits per heavy atom. The summed E-state index contributed by atoms with van der Waals surface area (Å²) in [6.07, 6.45) is 3.06. The van der Waals surface area contributed by atoms with Crippen LogP contribution in [-0.4, -0.2) is 22.8 Å². The van der Waals surface area contributed by atoms with Gasteiger partial charge in [0.05, 0.1) is 19.3 Å². The second-order valence-electron chi connectivity index (χ2n) is 6.82. The summed E-state index contributed by atoms with van der Waals surface area (Å²) in [4.78, 5) is 24.8. The minimum Gasteiger partial charge on any atom is -0.497 e. The fourth-order valence-electron chi connectivity index (χ4n) is 3.17. The number of hydrogen-bond acceptors (Lipinski definition) is 5. The zero-order chi connectivity index (χ0) is 20.3. The Kier molecular flexibility index (Phi) is 5.82. The van der Waals surface area contributed by atoms with E-state index in [0.717, 1.165) is 17.4 Å². The second-order valence-corrected chi connectivity index (χ2v) is 6.82. The highest BCUT2D eigenvalue weighted by molar-refractivity contribution is 5.90. The highest BCUT2D eigenvalue weighted by Gasteiger charge is 2.15. The summed E-state index contributed by atoms with van der Waals surface area (Å²) in [5.41, 5.74) is 1.40. The van der Waals surface area contributed by atoms with Gasteiger partial charge >= 0.3 is 5.63 Å². The van der Waals surface area contributed by atoms with Gasteiger partial charge in [-0.2, -0.15) is 5.10 Å². The Bertz CT molecular complexity index is 1050. The average Bonchev–Trinajstić information content (AvgIpc) is 3.14. The van der Waals surface area contributed by atoms with Gasteiger partial charge in [0.2, 0.25) is 5.91 Å². The van der Waals surface area contributed by atoms with E-state index in [2.05, 4.69) is 17.3 Å². The SMILES string of the molecule is CCC(C)n1nccc1NC(=O)CCc1c(C)c2ccc(OC)cc2oc1=O. The first-order valence-corrected chi connectivity index (χ1v) is 9.38. The second kappa shape index (κ2) is 8.29. The Labute approximate surface area is 163 Å². The summed E-state index contributed by atoms with van der Waals surface area (Å²) in [7, 11) is 1.56. The molecule has 0 fully saturated rings. The zero-order valence-corrected chi connectivity index (χ0v) is 16.6.